The van der Waals surface area contributed by atoms with E-state index in [2.05, 4.69) is 10.3 Å². The van der Waals surface area contributed by atoms with Crippen LogP contribution in [0.5, 0.6) is 5.75 Å². The van der Waals surface area contributed by atoms with Crippen LogP contribution in [0.2, 0.25) is 0 Å². The molecule has 0 unspecified atom stereocenters. The van der Waals surface area contributed by atoms with E-state index >= 15 is 0 Å². The monoisotopic (exact) mass is 330 g/mol. The number of hydrogen-bond acceptors (Lipinski definition) is 6. The van der Waals surface area contributed by atoms with E-state index in [4.69, 9.17) is 9.47 Å². The minimum Gasteiger partial charge on any atom is -0.488 e. The van der Waals surface area contributed by atoms with Crippen molar-refractivity contribution in [3.63, 3.8) is 0 Å². The van der Waals surface area contributed by atoms with Gasteiger partial charge in [-0.2, -0.15) is 0 Å². The second-order valence-corrected chi connectivity index (χ2v) is 5.57. The molecule has 1 N–H and O–H groups in total. The fourth-order valence-corrected chi connectivity index (χ4v) is 2.73. The number of benzene rings is 1. The van der Waals surface area contributed by atoms with Gasteiger partial charge in [0.25, 0.3) is 5.91 Å². The van der Waals surface area contributed by atoms with Gasteiger partial charge in [0.15, 0.2) is 10.8 Å². The normalized spacial score (nSPS) is 12.7. The van der Waals surface area contributed by atoms with Crippen molar-refractivity contribution in [2.24, 2.45) is 0 Å². The maximum atomic E-state index is 12.3. The summed E-state index contributed by atoms with van der Waals surface area (Å²) in [6.07, 6.45) is 1.79. The van der Waals surface area contributed by atoms with Crippen molar-refractivity contribution in [1.82, 2.24) is 4.98 Å². The molecule has 0 bridgehead atoms. The highest BCUT2D eigenvalue weighted by Gasteiger charge is 2.19. The van der Waals surface area contributed by atoms with Crippen LogP contribution in [-0.4, -0.2) is 30.1 Å². The number of hydrogen-bond donors (Lipinski definition) is 1. The molecule has 0 atom stereocenters. The summed E-state index contributed by atoms with van der Waals surface area (Å²) in [5, 5.41) is 4.57. The Morgan fingerprint density at radius 2 is 2.22 bits per heavy atom. The molecule has 2 heterocycles. The molecule has 1 aliphatic rings. The van der Waals surface area contributed by atoms with Crippen molar-refractivity contribution >= 4 is 34.4 Å². The second kappa shape index (κ2) is 6.62. The first-order valence-corrected chi connectivity index (χ1v) is 7.91. The van der Waals surface area contributed by atoms with E-state index in [0.717, 1.165) is 11.3 Å². The number of anilines is 1. The molecular formula is C16H14N2O4S. The molecule has 6 nitrogen and oxygen atoms in total. The van der Waals surface area contributed by atoms with E-state index in [1.165, 1.54) is 11.3 Å². The molecule has 1 aliphatic heterocycles. The van der Waals surface area contributed by atoms with Gasteiger partial charge in [-0.25, -0.2) is 9.78 Å². The second-order valence-electron chi connectivity index (χ2n) is 4.71. The van der Waals surface area contributed by atoms with Crippen LogP contribution < -0.4 is 10.1 Å². The van der Waals surface area contributed by atoms with Crippen LogP contribution >= 0.6 is 11.3 Å². The topological polar surface area (TPSA) is 77.5 Å². The quantitative estimate of drug-likeness (QED) is 0.872. The Bertz CT molecular complexity index is 782. The van der Waals surface area contributed by atoms with E-state index in [9.17, 15) is 9.59 Å². The minimum absolute atomic E-state index is 0.186. The molecule has 23 heavy (non-hydrogen) atoms. The van der Waals surface area contributed by atoms with Crippen LogP contribution in [0, 0.1) is 0 Å². The molecule has 1 aromatic carbocycles. The van der Waals surface area contributed by atoms with Crippen molar-refractivity contribution in [3.8, 4) is 5.75 Å². The lowest BCUT2D eigenvalue weighted by molar-refractivity contribution is -0.113. The number of ether oxygens (including phenoxy) is 2. The fraction of sp³-hybridized carbons (Fsp3) is 0.188. The molecule has 0 aliphatic carbocycles. The van der Waals surface area contributed by atoms with Gasteiger partial charge in [-0.15, -0.1) is 11.3 Å². The summed E-state index contributed by atoms with van der Waals surface area (Å²) < 4.78 is 10.4. The minimum atomic E-state index is -0.501. The van der Waals surface area contributed by atoms with E-state index in [-0.39, 0.29) is 24.8 Å². The molecule has 3 rings (SSSR count). The Labute approximate surface area is 136 Å². The van der Waals surface area contributed by atoms with Gasteiger partial charge in [-0.3, -0.25) is 10.1 Å². The van der Waals surface area contributed by atoms with Gasteiger partial charge in [-0.05, 0) is 19.1 Å². The predicted molar refractivity (Wildman–Crippen MR) is 86.6 cm³/mol. The van der Waals surface area contributed by atoms with Crippen LogP contribution in [0.15, 0.2) is 35.2 Å². The van der Waals surface area contributed by atoms with Crippen molar-refractivity contribution in [3.05, 3.63) is 46.5 Å². The van der Waals surface area contributed by atoms with Gasteiger partial charge in [0.1, 0.15) is 12.4 Å². The van der Waals surface area contributed by atoms with Crippen LogP contribution in [0.4, 0.5) is 5.13 Å². The number of amides is 1. The number of fused-ring (bicyclic) bond motifs is 1. The first-order valence-electron chi connectivity index (χ1n) is 7.03. The van der Waals surface area contributed by atoms with Gasteiger partial charge in [0.05, 0.1) is 12.2 Å². The number of nitrogens with zero attached hydrogens (tertiary/aromatic N) is 1. The molecule has 7 heteroatoms. The summed E-state index contributed by atoms with van der Waals surface area (Å²) in [4.78, 5) is 27.9. The number of rotatable bonds is 4. The van der Waals surface area contributed by atoms with Crippen LogP contribution in [0.1, 0.15) is 23.0 Å². The van der Waals surface area contributed by atoms with Gasteiger partial charge in [0.2, 0.25) is 0 Å². The maximum Gasteiger partial charge on any atom is 0.357 e. The molecule has 0 spiro atoms. The molecule has 0 saturated heterocycles. The number of carbonyl (C=O) groups excluding carboxylic acids is 2. The van der Waals surface area contributed by atoms with Gasteiger partial charge >= 0.3 is 5.97 Å². The molecular weight excluding hydrogens is 316 g/mol. The Balaban J connectivity index is 1.71. The van der Waals surface area contributed by atoms with Crippen molar-refractivity contribution < 1.29 is 19.1 Å². The summed E-state index contributed by atoms with van der Waals surface area (Å²) in [6.45, 7) is 2.20. The zero-order valence-corrected chi connectivity index (χ0v) is 13.2. The Hall–Kier alpha value is -2.67. The number of esters is 1. The lowest BCUT2D eigenvalue weighted by atomic mass is 10.1. The standard InChI is InChI=1S/C16H14N2O4S/c1-2-21-15(20)12-9-23-16(17-12)18-14(19)11-7-10-5-3-4-6-13(10)22-8-11/h3-7,9H,2,8H2,1H3,(H,17,18,19). The van der Waals surface area contributed by atoms with Gasteiger partial charge < -0.3 is 9.47 Å². The molecule has 118 valence electrons. The van der Waals surface area contributed by atoms with Gasteiger partial charge in [0, 0.05) is 10.9 Å². The first-order chi connectivity index (χ1) is 11.2. The van der Waals surface area contributed by atoms with Crippen LogP contribution in [0.25, 0.3) is 6.08 Å². The SMILES string of the molecule is CCOC(=O)c1csc(NC(=O)C2=Cc3ccccc3OC2)n1. The molecule has 0 fully saturated rings. The van der Waals surface area contributed by atoms with Gasteiger partial charge in [-0.1, -0.05) is 18.2 Å². The number of thiazole rings is 1. The number of para-hydroxylation sites is 1. The van der Waals surface area contributed by atoms with Crippen molar-refractivity contribution in [2.75, 3.05) is 18.5 Å². The molecule has 2 aromatic rings. The smallest absolute Gasteiger partial charge is 0.357 e. The van der Waals surface area contributed by atoms with E-state index < -0.39 is 5.97 Å². The van der Waals surface area contributed by atoms with Crippen molar-refractivity contribution in [2.45, 2.75) is 6.92 Å². The molecule has 0 radical (unpaired) electrons. The lowest BCUT2D eigenvalue weighted by Gasteiger charge is -2.16. The van der Waals surface area contributed by atoms with Crippen LogP contribution in [0.3, 0.4) is 0 Å². The third kappa shape index (κ3) is 3.40. The van der Waals surface area contributed by atoms with E-state index in [1.54, 1.807) is 18.4 Å². The lowest BCUT2D eigenvalue weighted by Crippen LogP contribution is -2.21. The van der Waals surface area contributed by atoms with Crippen LogP contribution in [-0.2, 0) is 9.53 Å². The first kappa shape index (κ1) is 15.2. The van der Waals surface area contributed by atoms with E-state index in [1.807, 2.05) is 24.3 Å². The van der Waals surface area contributed by atoms with E-state index in [0.29, 0.717) is 10.7 Å². The summed E-state index contributed by atoms with van der Waals surface area (Å²) in [7, 11) is 0. The third-order valence-electron chi connectivity index (χ3n) is 3.13. The fourth-order valence-electron chi connectivity index (χ4n) is 2.05. The molecule has 1 amide bonds. The Morgan fingerprint density at radius 3 is 3.04 bits per heavy atom. The zero-order chi connectivity index (χ0) is 16.2. The summed E-state index contributed by atoms with van der Waals surface area (Å²) in [6, 6.07) is 7.49. The number of carbonyl (C=O) groups is 2. The molecule has 1 aromatic heterocycles. The average molecular weight is 330 g/mol. The molecule has 0 saturated carbocycles. The average Bonchev–Trinajstić information content (AvgIpc) is 3.03. The zero-order valence-electron chi connectivity index (χ0n) is 12.4. The highest BCUT2D eigenvalue weighted by Crippen LogP contribution is 2.26. The summed E-state index contributed by atoms with van der Waals surface area (Å²) in [5.74, 6) is -0.0504. The Morgan fingerprint density at radius 1 is 1.39 bits per heavy atom. The van der Waals surface area contributed by atoms with Crippen molar-refractivity contribution in [1.29, 1.82) is 0 Å². The highest BCUT2D eigenvalue weighted by molar-refractivity contribution is 7.14. The number of nitrogens with one attached hydrogen (secondary N) is 1. The summed E-state index contributed by atoms with van der Waals surface area (Å²) in [5.41, 5.74) is 1.54. The largest absolute Gasteiger partial charge is 0.488 e. The third-order valence-corrected chi connectivity index (χ3v) is 3.89. The number of aromatic nitrogens is 1. The Kier molecular flexibility index (Phi) is 4.38. The summed E-state index contributed by atoms with van der Waals surface area (Å²) >= 11 is 1.17. The highest BCUT2D eigenvalue weighted by atomic mass is 32.1. The predicted octanol–water partition coefficient (Wildman–Crippen LogP) is 2.73. The maximum absolute atomic E-state index is 12.3.